The Morgan fingerprint density at radius 3 is 2.53 bits per heavy atom. The highest BCUT2D eigenvalue weighted by atomic mass is 32.2. The van der Waals surface area contributed by atoms with Gasteiger partial charge >= 0.3 is 0 Å². The molecule has 0 radical (unpaired) electrons. The van der Waals surface area contributed by atoms with E-state index in [4.69, 9.17) is 0 Å². The van der Waals surface area contributed by atoms with E-state index in [0.29, 0.717) is 22.8 Å². The predicted molar refractivity (Wildman–Crippen MR) is 118 cm³/mol. The minimum Gasteiger partial charge on any atom is -0.322 e. The van der Waals surface area contributed by atoms with Gasteiger partial charge in [0.2, 0.25) is 0 Å². The van der Waals surface area contributed by atoms with E-state index in [2.05, 4.69) is 15.3 Å². The van der Waals surface area contributed by atoms with Crippen LogP contribution in [0.4, 0.5) is 5.69 Å². The third kappa shape index (κ3) is 4.28. The molecule has 8 heteroatoms. The van der Waals surface area contributed by atoms with Crippen molar-refractivity contribution in [3.8, 4) is 0 Å². The van der Waals surface area contributed by atoms with E-state index in [1.165, 1.54) is 4.52 Å². The number of hydrogen-bond acceptors (Lipinski definition) is 5. The molecule has 0 fully saturated rings. The Morgan fingerprint density at radius 2 is 1.83 bits per heavy atom. The Hall–Kier alpha value is -3.39. The monoisotopic (exact) mass is 419 g/mol. The van der Waals surface area contributed by atoms with Crippen LogP contribution < -0.4 is 10.9 Å². The van der Waals surface area contributed by atoms with Crippen LogP contribution in [0.2, 0.25) is 0 Å². The summed E-state index contributed by atoms with van der Waals surface area (Å²) in [6.07, 6.45) is 1.63. The molecule has 0 unspecified atom stereocenters. The fraction of sp³-hybridized carbons (Fsp3) is 0.182. The summed E-state index contributed by atoms with van der Waals surface area (Å²) in [6.45, 7) is 3.98. The molecule has 0 saturated heterocycles. The summed E-state index contributed by atoms with van der Waals surface area (Å²) in [7, 11) is 0. The molecular formula is C22H21N5O2S. The molecule has 0 saturated carbocycles. The quantitative estimate of drug-likeness (QED) is 0.478. The molecule has 152 valence electrons. The first-order chi connectivity index (χ1) is 14.5. The number of nitrogens with one attached hydrogen (secondary N) is 1. The molecule has 7 nitrogen and oxygen atoms in total. The van der Waals surface area contributed by atoms with Gasteiger partial charge in [0, 0.05) is 34.0 Å². The van der Waals surface area contributed by atoms with Crippen LogP contribution in [0.3, 0.4) is 0 Å². The summed E-state index contributed by atoms with van der Waals surface area (Å²) < 4.78 is 3.26. The molecule has 4 rings (SSSR count). The molecule has 2 heterocycles. The zero-order chi connectivity index (χ0) is 21.1. The van der Waals surface area contributed by atoms with Gasteiger partial charge in [-0.15, -0.1) is 11.8 Å². The number of carbonyl (C=O) groups excluding carboxylic acids is 1. The van der Waals surface area contributed by atoms with Crippen molar-refractivity contribution in [2.24, 2.45) is 0 Å². The second-order valence-electron chi connectivity index (χ2n) is 7.05. The number of fused-ring (bicyclic) bond motifs is 1. The van der Waals surface area contributed by atoms with Gasteiger partial charge in [-0.05, 0) is 50.2 Å². The van der Waals surface area contributed by atoms with Crippen molar-refractivity contribution < 1.29 is 4.79 Å². The highest BCUT2D eigenvalue weighted by Crippen LogP contribution is 2.23. The summed E-state index contributed by atoms with van der Waals surface area (Å²) in [5.74, 6) is 0.816. The zero-order valence-corrected chi connectivity index (χ0v) is 17.5. The van der Waals surface area contributed by atoms with Gasteiger partial charge in [0.05, 0.1) is 5.69 Å². The smallest absolute Gasteiger partial charge is 0.274 e. The molecule has 0 bridgehead atoms. The topological polar surface area (TPSA) is 81.3 Å². The molecule has 0 spiro atoms. The number of hydrogen-bond donors (Lipinski definition) is 1. The third-order valence-corrected chi connectivity index (χ3v) is 5.56. The van der Waals surface area contributed by atoms with E-state index in [1.54, 1.807) is 41.0 Å². The Labute approximate surface area is 177 Å². The number of aromatic nitrogens is 4. The van der Waals surface area contributed by atoms with E-state index in [0.717, 1.165) is 10.6 Å². The van der Waals surface area contributed by atoms with E-state index in [-0.39, 0.29) is 17.5 Å². The van der Waals surface area contributed by atoms with Gasteiger partial charge in [-0.3, -0.25) is 14.3 Å². The summed E-state index contributed by atoms with van der Waals surface area (Å²) in [5.41, 5.74) is 1.88. The number of nitrogens with zero attached hydrogens (tertiary/aromatic N) is 4. The Kier molecular flexibility index (Phi) is 5.67. The Morgan fingerprint density at radius 1 is 1.10 bits per heavy atom. The average Bonchev–Trinajstić information content (AvgIpc) is 3.19. The van der Waals surface area contributed by atoms with E-state index in [1.807, 2.05) is 56.3 Å². The molecule has 1 N–H and O–H groups in total. The Balaban J connectivity index is 1.42. The van der Waals surface area contributed by atoms with Crippen LogP contribution in [0.5, 0.6) is 0 Å². The van der Waals surface area contributed by atoms with Crippen LogP contribution in [0.1, 0.15) is 35.9 Å². The molecule has 0 aliphatic carbocycles. The predicted octanol–water partition coefficient (Wildman–Crippen LogP) is 4.02. The van der Waals surface area contributed by atoms with Crippen LogP contribution in [0.25, 0.3) is 5.78 Å². The van der Waals surface area contributed by atoms with Gasteiger partial charge in [0.1, 0.15) is 6.33 Å². The van der Waals surface area contributed by atoms with Crippen molar-refractivity contribution in [1.29, 1.82) is 0 Å². The molecule has 30 heavy (non-hydrogen) atoms. The number of thioether (sulfide) groups is 1. The van der Waals surface area contributed by atoms with Crippen LogP contribution in [-0.4, -0.2) is 25.1 Å². The van der Waals surface area contributed by atoms with E-state index < -0.39 is 0 Å². The van der Waals surface area contributed by atoms with Crippen molar-refractivity contribution in [3.05, 3.63) is 88.6 Å². The SMILES string of the molecule is CC(C)n1cnc2nc(CSc3ccc(NC(=O)c4ccccc4)cc3)cc(=O)n21. The summed E-state index contributed by atoms with van der Waals surface area (Å²) in [4.78, 5) is 34.5. The second kappa shape index (κ2) is 8.54. The lowest BCUT2D eigenvalue weighted by Gasteiger charge is -2.09. The van der Waals surface area contributed by atoms with Crippen LogP contribution in [0, 0.1) is 0 Å². The van der Waals surface area contributed by atoms with Gasteiger partial charge in [-0.1, -0.05) is 18.2 Å². The molecule has 1 amide bonds. The van der Waals surface area contributed by atoms with Crippen molar-refractivity contribution in [1.82, 2.24) is 19.2 Å². The summed E-state index contributed by atoms with van der Waals surface area (Å²) in [5, 5.41) is 2.88. The fourth-order valence-corrected chi connectivity index (χ4v) is 3.79. The summed E-state index contributed by atoms with van der Waals surface area (Å²) in [6, 6.07) is 18.3. The lowest BCUT2D eigenvalue weighted by atomic mass is 10.2. The Bertz CT molecular complexity index is 1230. The second-order valence-corrected chi connectivity index (χ2v) is 8.10. The lowest BCUT2D eigenvalue weighted by molar-refractivity contribution is 0.102. The normalized spacial score (nSPS) is 11.2. The van der Waals surface area contributed by atoms with E-state index >= 15 is 0 Å². The van der Waals surface area contributed by atoms with Gasteiger partial charge in [0.25, 0.3) is 17.2 Å². The van der Waals surface area contributed by atoms with Crippen molar-refractivity contribution in [2.45, 2.75) is 30.5 Å². The number of amides is 1. The molecule has 0 atom stereocenters. The number of anilines is 1. The van der Waals surface area contributed by atoms with E-state index in [9.17, 15) is 9.59 Å². The largest absolute Gasteiger partial charge is 0.322 e. The highest BCUT2D eigenvalue weighted by Gasteiger charge is 2.10. The standard InChI is InChI=1S/C22H21N5O2S/c1-15(2)26-14-23-22-25-18(12-20(28)27(22)26)13-30-19-10-8-17(9-11-19)24-21(29)16-6-4-3-5-7-16/h3-12,14-15H,13H2,1-2H3,(H,24,29). The van der Waals surface area contributed by atoms with Gasteiger partial charge in [-0.2, -0.15) is 9.50 Å². The molecule has 4 aromatic rings. The van der Waals surface area contributed by atoms with Crippen LogP contribution in [-0.2, 0) is 5.75 Å². The maximum atomic E-state index is 12.5. The molecular weight excluding hydrogens is 398 g/mol. The first kappa shape index (κ1) is 19.9. The molecule has 2 aromatic carbocycles. The van der Waals surface area contributed by atoms with Crippen LogP contribution >= 0.6 is 11.8 Å². The van der Waals surface area contributed by atoms with Gasteiger partial charge in [0.15, 0.2) is 0 Å². The average molecular weight is 420 g/mol. The number of benzene rings is 2. The fourth-order valence-electron chi connectivity index (χ4n) is 3.00. The number of rotatable bonds is 6. The zero-order valence-electron chi connectivity index (χ0n) is 16.6. The molecule has 2 aromatic heterocycles. The minimum atomic E-state index is -0.144. The molecule has 0 aliphatic heterocycles. The van der Waals surface area contributed by atoms with Crippen molar-refractivity contribution >= 4 is 29.1 Å². The first-order valence-corrected chi connectivity index (χ1v) is 10.5. The van der Waals surface area contributed by atoms with Crippen LogP contribution in [0.15, 0.2) is 76.7 Å². The minimum absolute atomic E-state index is 0.121. The molecule has 0 aliphatic rings. The maximum Gasteiger partial charge on any atom is 0.274 e. The van der Waals surface area contributed by atoms with Crippen molar-refractivity contribution in [2.75, 3.05) is 5.32 Å². The van der Waals surface area contributed by atoms with Gasteiger partial charge in [-0.25, -0.2) is 4.98 Å². The summed E-state index contributed by atoms with van der Waals surface area (Å²) >= 11 is 1.57. The highest BCUT2D eigenvalue weighted by molar-refractivity contribution is 7.98. The maximum absolute atomic E-state index is 12.5. The third-order valence-electron chi connectivity index (χ3n) is 4.52. The van der Waals surface area contributed by atoms with Gasteiger partial charge < -0.3 is 5.32 Å². The van der Waals surface area contributed by atoms with Crippen molar-refractivity contribution in [3.63, 3.8) is 0 Å². The first-order valence-electron chi connectivity index (χ1n) is 9.56. The number of carbonyl (C=O) groups is 1. The lowest BCUT2D eigenvalue weighted by Crippen LogP contribution is -2.22.